The van der Waals surface area contributed by atoms with Gasteiger partial charge in [0, 0.05) is 20.1 Å². The van der Waals surface area contributed by atoms with Crippen LogP contribution in [-0.4, -0.2) is 31.0 Å². The van der Waals surface area contributed by atoms with Crippen LogP contribution in [0, 0.1) is 0 Å². The molecule has 0 fully saturated rings. The smallest absolute Gasteiger partial charge is 0.208 e. The maximum atomic E-state index is 5.27. The van der Waals surface area contributed by atoms with E-state index in [0.29, 0.717) is 0 Å². The van der Waals surface area contributed by atoms with Gasteiger partial charge in [-0.15, -0.1) is 0 Å². The van der Waals surface area contributed by atoms with E-state index in [1.54, 1.807) is 0 Å². The molecule has 0 radical (unpaired) electrons. The third-order valence-corrected chi connectivity index (χ3v) is 1.36. The van der Waals surface area contributed by atoms with Crippen molar-refractivity contribution in [2.45, 2.75) is 20.3 Å². The lowest BCUT2D eigenvalue weighted by Gasteiger charge is -2.19. The van der Waals surface area contributed by atoms with Crippen molar-refractivity contribution in [3.8, 4) is 0 Å². The number of rotatable bonds is 3. The highest BCUT2D eigenvalue weighted by Gasteiger charge is 2.00. The van der Waals surface area contributed by atoms with Crippen LogP contribution in [-0.2, 0) is 0 Å². The zero-order chi connectivity index (χ0) is 8.69. The molecule has 0 aromatic carbocycles. The molecule has 0 spiro atoms. The number of hydrazine groups is 1. The standard InChI is InChI=1S/C7H18N4/c1-4-6-11(3)7(10-8)9-5-2/h4-6,8H2,1-3H3,(H,9,10). The summed E-state index contributed by atoms with van der Waals surface area (Å²) < 4.78 is 0. The van der Waals surface area contributed by atoms with E-state index in [0.717, 1.165) is 25.5 Å². The summed E-state index contributed by atoms with van der Waals surface area (Å²) in [5, 5.41) is 0. The zero-order valence-corrected chi connectivity index (χ0v) is 7.59. The first-order valence-electron chi connectivity index (χ1n) is 3.98. The quantitative estimate of drug-likeness (QED) is 0.266. The molecule has 0 saturated heterocycles. The number of hydrogen-bond donors (Lipinski definition) is 2. The number of nitrogens with two attached hydrogens (primary N) is 1. The first kappa shape index (κ1) is 10.2. The first-order valence-corrected chi connectivity index (χ1v) is 3.98. The number of aliphatic imine (C=N–C) groups is 1. The molecule has 0 atom stereocenters. The van der Waals surface area contributed by atoms with E-state index >= 15 is 0 Å². The van der Waals surface area contributed by atoms with Gasteiger partial charge >= 0.3 is 0 Å². The Labute approximate surface area is 68.4 Å². The van der Waals surface area contributed by atoms with Gasteiger partial charge in [0.25, 0.3) is 0 Å². The van der Waals surface area contributed by atoms with E-state index in [2.05, 4.69) is 17.3 Å². The molecule has 0 aromatic rings. The number of hydrogen-bond acceptors (Lipinski definition) is 2. The van der Waals surface area contributed by atoms with Gasteiger partial charge in [-0.1, -0.05) is 6.92 Å². The molecule has 0 heterocycles. The van der Waals surface area contributed by atoms with Gasteiger partial charge in [0.2, 0.25) is 5.96 Å². The Bertz CT molecular complexity index is 122. The highest BCUT2D eigenvalue weighted by molar-refractivity contribution is 5.78. The van der Waals surface area contributed by atoms with Crippen LogP contribution >= 0.6 is 0 Å². The third-order valence-electron chi connectivity index (χ3n) is 1.36. The average molecular weight is 158 g/mol. The van der Waals surface area contributed by atoms with Crippen molar-refractivity contribution in [3.05, 3.63) is 0 Å². The van der Waals surface area contributed by atoms with Crippen LogP contribution in [0.25, 0.3) is 0 Å². The fraction of sp³-hybridized carbons (Fsp3) is 0.857. The Morgan fingerprint density at radius 2 is 2.18 bits per heavy atom. The van der Waals surface area contributed by atoms with Crippen molar-refractivity contribution in [3.63, 3.8) is 0 Å². The molecule has 0 aliphatic heterocycles. The normalized spacial score (nSPS) is 11.5. The number of guanidine groups is 1. The molecule has 0 saturated carbocycles. The van der Waals surface area contributed by atoms with Crippen LogP contribution in [0.15, 0.2) is 4.99 Å². The summed E-state index contributed by atoms with van der Waals surface area (Å²) >= 11 is 0. The van der Waals surface area contributed by atoms with Crippen molar-refractivity contribution in [2.75, 3.05) is 20.1 Å². The lowest BCUT2D eigenvalue weighted by molar-refractivity contribution is 0.479. The zero-order valence-electron chi connectivity index (χ0n) is 7.59. The highest BCUT2D eigenvalue weighted by Crippen LogP contribution is 1.86. The Morgan fingerprint density at radius 1 is 1.55 bits per heavy atom. The SMILES string of the molecule is CCCN(C)C(=NCC)NN. The van der Waals surface area contributed by atoms with E-state index < -0.39 is 0 Å². The lowest BCUT2D eigenvalue weighted by Crippen LogP contribution is -2.43. The molecule has 4 heteroatoms. The predicted octanol–water partition coefficient (Wildman–Crippen LogP) is 0.167. The van der Waals surface area contributed by atoms with E-state index in [9.17, 15) is 0 Å². The molecule has 0 aliphatic carbocycles. The van der Waals surface area contributed by atoms with Gasteiger partial charge in [-0.3, -0.25) is 10.4 Å². The molecule has 0 bridgehead atoms. The van der Waals surface area contributed by atoms with E-state index in [-0.39, 0.29) is 0 Å². The van der Waals surface area contributed by atoms with E-state index in [1.165, 1.54) is 0 Å². The summed E-state index contributed by atoms with van der Waals surface area (Å²) in [6, 6.07) is 0. The van der Waals surface area contributed by atoms with Crippen molar-refractivity contribution in [1.29, 1.82) is 0 Å². The summed E-state index contributed by atoms with van der Waals surface area (Å²) in [6.07, 6.45) is 1.10. The van der Waals surface area contributed by atoms with Gasteiger partial charge in [0.15, 0.2) is 0 Å². The van der Waals surface area contributed by atoms with Crippen molar-refractivity contribution < 1.29 is 0 Å². The molecule has 0 rings (SSSR count). The molecule has 0 amide bonds. The summed E-state index contributed by atoms with van der Waals surface area (Å²) in [6.45, 7) is 5.84. The van der Waals surface area contributed by atoms with Crippen LogP contribution in [0.3, 0.4) is 0 Å². The van der Waals surface area contributed by atoms with Crippen molar-refractivity contribution >= 4 is 5.96 Å². The molecule has 11 heavy (non-hydrogen) atoms. The first-order chi connectivity index (χ1) is 5.26. The van der Waals surface area contributed by atoms with Crippen LogP contribution in [0.1, 0.15) is 20.3 Å². The van der Waals surface area contributed by atoms with Crippen LogP contribution in [0.2, 0.25) is 0 Å². The summed E-state index contributed by atoms with van der Waals surface area (Å²) in [4.78, 5) is 6.17. The Balaban J connectivity index is 3.91. The molecule has 0 aliphatic rings. The average Bonchev–Trinajstić information content (AvgIpc) is 2.00. The van der Waals surface area contributed by atoms with Crippen LogP contribution in [0.4, 0.5) is 0 Å². The van der Waals surface area contributed by atoms with Crippen molar-refractivity contribution in [2.24, 2.45) is 10.8 Å². The van der Waals surface area contributed by atoms with Gasteiger partial charge < -0.3 is 4.90 Å². The maximum absolute atomic E-state index is 5.27. The Hall–Kier alpha value is -0.770. The molecular formula is C7H18N4. The van der Waals surface area contributed by atoms with Gasteiger partial charge in [0.1, 0.15) is 0 Å². The lowest BCUT2D eigenvalue weighted by atomic mass is 10.4. The van der Waals surface area contributed by atoms with Crippen molar-refractivity contribution in [1.82, 2.24) is 10.3 Å². The van der Waals surface area contributed by atoms with Crippen LogP contribution < -0.4 is 11.3 Å². The number of nitrogens with zero attached hydrogens (tertiary/aromatic N) is 2. The molecule has 3 N–H and O–H groups in total. The molecule has 66 valence electrons. The van der Waals surface area contributed by atoms with Gasteiger partial charge in [0.05, 0.1) is 0 Å². The molecular weight excluding hydrogens is 140 g/mol. The monoisotopic (exact) mass is 158 g/mol. The second-order valence-electron chi connectivity index (χ2n) is 2.36. The maximum Gasteiger partial charge on any atom is 0.208 e. The summed E-state index contributed by atoms with van der Waals surface area (Å²) in [5.74, 6) is 6.03. The van der Waals surface area contributed by atoms with Gasteiger partial charge in [-0.05, 0) is 13.3 Å². The Kier molecular flexibility index (Phi) is 5.56. The summed E-state index contributed by atoms with van der Waals surface area (Å²) in [7, 11) is 1.97. The van der Waals surface area contributed by atoms with Gasteiger partial charge in [-0.25, -0.2) is 5.84 Å². The molecule has 0 unspecified atom stereocenters. The minimum absolute atomic E-state index is 0.758. The fourth-order valence-corrected chi connectivity index (χ4v) is 0.868. The third kappa shape index (κ3) is 3.83. The number of nitrogens with one attached hydrogen (secondary N) is 1. The Morgan fingerprint density at radius 3 is 2.55 bits per heavy atom. The van der Waals surface area contributed by atoms with E-state index in [4.69, 9.17) is 5.84 Å². The fourth-order valence-electron chi connectivity index (χ4n) is 0.868. The second kappa shape index (κ2) is 5.97. The largest absolute Gasteiger partial charge is 0.345 e. The minimum atomic E-state index is 0.758. The molecule has 0 aromatic heterocycles. The second-order valence-corrected chi connectivity index (χ2v) is 2.36. The minimum Gasteiger partial charge on any atom is -0.345 e. The molecule has 4 nitrogen and oxygen atoms in total. The highest BCUT2D eigenvalue weighted by atomic mass is 15.4. The summed E-state index contributed by atoms with van der Waals surface area (Å²) in [5.41, 5.74) is 2.56. The topological polar surface area (TPSA) is 53.6 Å². The van der Waals surface area contributed by atoms with Gasteiger partial charge in [-0.2, -0.15) is 0 Å². The van der Waals surface area contributed by atoms with Crippen LogP contribution in [0.5, 0.6) is 0 Å². The predicted molar refractivity (Wildman–Crippen MR) is 48.2 cm³/mol. The van der Waals surface area contributed by atoms with E-state index in [1.807, 2.05) is 18.9 Å².